The first-order chi connectivity index (χ1) is 59.4. The quantitative estimate of drug-likeness (QED) is 0.0705. The van der Waals surface area contributed by atoms with E-state index in [1.165, 1.54) is 87.6 Å². The van der Waals surface area contributed by atoms with Crippen molar-refractivity contribution >= 4 is 136 Å². The summed E-state index contributed by atoms with van der Waals surface area (Å²) in [6.45, 7) is 0. The van der Waals surface area contributed by atoms with E-state index in [0.717, 1.165) is 90.5 Å². The molecule has 0 spiro atoms. The van der Waals surface area contributed by atoms with Gasteiger partial charge in [0.2, 0.25) is 0 Å². The predicted octanol–water partition coefficient (Wildman–Crippen LogP) is 32.9. The van der Waals surface area contributed by atoms with Crippen molar-refractivity contribution in [1.82, 2.24) is 0 Å². The highest BCUT2D eigenvalue weighted by atomic mass is 15.2. The Bertz CT molecular complexity index is 6520. The number of nitrogens with zero attached hydrogens (tertiary/aromatic N) is 4. The highest BCUT2D eigenvalue weighted by Crippen LogP contribution is 2.43. The molecule has 4 heteroatoms. The first kappa shape index (κ1) is 74.2. The van der Waals surface area contributed by atoms with Crippen molar-refractivity contribution in [3.63, 3.8) is 0 Å². The van der Waals surface area contributed by atoms with Crippen LogP contribution in [0.15, 0.2) is 485 Å². The number of hydrogen-bond donors (Lipinski definition) is 0. The number of hydrogen-bond acceptors (Lipinski definition) is 4. The summed E-state index contributed by atoms with van der Waals surface area (Å²) in [4.78, 5) is 9.33. The molecule has 0 unspecified atom stereocenters. The molecule has 20 aromatic rings. The third-order valence-corrected chi connectivity index (χ3v) is 22.4. The topological polar surface area (TPSA) is 13.0 Å². The fraction of sp³-hybridized carbons (Fsp3) is 0. The van der Waals surface area contributed by atoms with Crippen LogP contribution in [0.3, 0.4) is 0 Å². The normalized spacial score (nSPS) is 11.3. The smallest absolute Gasteiger partial charge is 0.0468 e. The molecule has 0 amide bonds. The van der Waals surface area contributed by atoms with Crippen LogP contribution in [0.1, 0.15) is 22.3 Å². The zero-order valence-electron chi connectivity index (χ0n) is 66.3. The lowest BCUT2D eigenvalue weighted by Gasteiger charge is -2.26. The van der Waals surface area contributed by atoms with E-state index >= 15 is 0 Å². The van der Waals surface area contributed by atoms with Crippen LogP contribution >= 0.6 is 0 Å². The van der Waals surface area contributed by atoms with Crippen LogP contribution in [0.4, 0.5) is 68.2 Å². The van der Waals surface area contributed by atoms with Crippen LogP contribution in [-0.2, 0) is 0 Å². The van der Waals surface area contributed by atoms with Crippen molar-refractivity contribution < 1.29 is 0 Å². The Morgan fingerprint density at radius 1 is 0.108 bits per heavy atom. The molecule has 0 radical (unpaired) electrons. The van der Waals surface area contributed by atoms with Gasteiger partial charge in [-0.25, -0.2) is 0 Å². The molecule has 0 aliphatic carbocycles. The van der Waals surface area contributed by atoms with E-state index in [4.69, 9.17) is 0 Å². The van der Waals surface area contributed by atoms with Crippen LogP contribution < -0.4 is 19.6 Å². The third-order valence-electron chi connectivity index (χ3n) is 22.4. The van der Waals surface area contributed by atoms with E-state index in [0.29, 0.717) is 0 Å². The number of anilines is 12. The standard InChI is InChI=1S/2C58H42N2/c1-5-13-45(14-6-1)47-27-29-51-41-57(37-31-49(51)39-47)59(53-17-9-3-10-18-53)55-33-23-43(24-34-55)21-22-44-25-35-56(36-26-44)60(54-19-11-4-12-20-54)58-38-32-50-40-48(28-30-52(50)42-58)46-15-7-2-8-16-46;1-3-11-45(12-4-1)49-25-35-55(36-26-49)59(57-39-29-47-15-7-9-17-51(47)41-57)53-31-21-43(22-32-53)19-20-44-23-33-54(34-24-44)60(58-40-30-48-16-8-10-18-52(48)42-58)56-37-27-50(28-38-56)46-13-5-2-6-14-46/h2*1-42H/b22-21+;20-19+. The van der Waals surface area contributed by atoms with Crippen molar-refractivity contribution in [2.24, 2.45) is 0 Å². The van der Waals surface area contributed by atoms with Crippen LogP contribution in [0, 0.1) is 0 Å². The largest absolute Gasteiger partial charge is 0.310 e. The lowest BCUT2D eigenvalue weighted by Crippen LogP contribution is -2.10. The zero-order valence-corrected chi connectivity index (χ0v) is 66.3. The minimum Gasteiger partial charge on any atom is -0.310 e. The first-order valence-electron chi connectivity index (χ1n) is 41.0. The second kappa shape index (κ2) is 34.7. The molecular weight excluding hydrogens is 1450 g/mol. The van der Waals surface area contributed by atoms with Crippen LogP contribution in [0.2, 0.25) is 0 Å². The summed E-state index contributed by atoms with van der Waals surface area (Å²) in [7, 11) is 0. The van der Waals surface area contributed by atoms with Gasteiger partial charge in [-0.05, 0) is 268 Å². The van der Waals surface area contributed by atoms with Crippen molar-refractivity contribution in [3.05, 3.63) is 508 Å². The summed E-state index contributed by atoms with van der Waals surface area (Å²) in [6.07, 6.45) is 8.76. The second-order valence-electron chi connectivity index (χ2n) is 30.2. The van der Waals surface area contributed by atoms with Crippen molar-refractivity contribution in [2.45, 2.75) is 0 Å². The van der Waals surface area contributed by atoms with E-state index in [9.17, 15) is 0 Å². The molecule has 0 atom stereocenters. The van der Waals surface area contributed by atoms with E-state index in [1.807, 2.05) is 0 Å². The average molecular weight is 1530 g/mol. The maximum Gasteiger partial charge on any atom is 0.0468 e. The summed E-state index contributed by atoms with van der Waals surface area (Å²) in [5.74, 6) is 0. The molecule has 0 aromatic heterocycles. The molecule has 0 fully saturated rings. The van der Waals surface area contributed by atoms with Gasteiger partial charge in [-0.3, -0.25) is 0 Å². The van der Waals surface area contributed by atoms with Gasteiger partial charge >= 0.3 is 0 Å². The number of para-hydroxylation sites is 2. The maximum atomic E-state index is 2.34. The summed E-state index contributed by atoms with van der Waals surface area (Å²) in [6, 6.07) is 174. The lowest BCUT2D eigenvalue weighted by molar-refractivity contribution is 1.29. The molecule has 0 saturated carbocycles. The Hall–Kier alpha value is -15.9. The fourth-order valence-electron chi connectivity index (χ4n) is 16.1. The zero-order chi connectivity index (χ0) is 80.2. The minimum atomic E-state index is 1.10. The van der Waals surface area contributed by atoms with Crippen LogP contribution in [0.25, 0.3) is 112 Å². The van der Waals surface area contributed by atoms with Gasteiger partial charge in [-0.15, -0.1) is 0 Å². The van der Waals surface area contributed by atoms with Crippen molar-refractivity contribution in [1.29, 1.82) is 0 Å². The molecule has 0 heterocycles. The average Bonchev–Trinajstić information content (AvgIpc) is 0.891. The highest BCUT2D eigenvalue weighted by molar-refractivity contribution is 5.96. The van der Waals surface area contributed by atoms with Gasteiger partial charge < -0.3 is 19.6 Å². The molecule has 120 heavy (non-hydrogen) atoms. The summed E-state index contributed by atoms with van der Waals surface area (Å²) in [5.41, 5.74) is 27.6. The maximum absolute atomic E-state index is 2.34. The summed E-state index contributed by atoms with van der Waals surface area (Å²) in [5, 5.41) is 9.75. The molecule has 0 N–H and O–H groups in total. The summed E-state index contributed by atoms with van der Waals surface area (Å²) >= 11 is 0. The Morgan fingerprint density at radius 2 is 0.275 bits per heavy atom. The Kier molecular flexibility index (Phi) is 21.4. The SMILES string of the molecule is C(=C\c1ccc(N(c2ccc(-c3ccccc3)cc2)c2ccc3ccccc3c2)cc1)/c1ccc(N(c2ccc(-c3ccccc3)cc2)c2ccc3ccccc3c2)cc1.C(=C\c1ccc(N(c2ccccc2)c2ccc3cc(-c4ccccc4)ccc3c2)cc1)/c1ccc(N(c2ccccc2)c2ccc3cc(-c4ccccc4)ccc3c2)cc1. The first-order valence-corrected chi connectivity index (χ1v) is 41.0. The Labute approximate surface area is 702 Å². The molecule has 568 valence electrons. The van der Waals surface area contributed by atoms with Crippen molar-refractivity contribution in [3.8, 4) is 44.5 Å². The number of rotatable bonds is 20. The predicted molar refractivity (Wildman–Crippen MR) is 514 cm³/mol. The molecule has 0 saturated heterocycles. The summed E-state index contributed by atoms with van der Waals surface area (Å²) < 4.78 is 0. The molecule has 20 rings (SSSR count). The Balaban J connectivity index is 0.000000159. The van der Waals surface area contributed by atoms with Gasteiger partial charge in [0.15, 0.2) is 0 Å². The van der Waals surface area contributed by atoms with E-state index in [-0.39, 0.29) is 0 Å². The molecule has 0 aliphatic rings. The minimum absolute atomic E-state index is 1.10. The van der Waals surface area contributed by atoms with Gasteiger partial charge in [0.05, 0.1) is 0 Å². The van der Waals surface area contributed by atoms with Crippen LogP contribution in [0.5, 0.6) is 0 Å². The highest BCUT2D eigenvalue weighted by Gasteiger charge is 2.20. The molecule has 20 aromatic carbocycles. The van der Waals surface area contributed by atoms with Gasteiger partial charge in [-0.1, -0.05) is 352 Å². The second-order valence-corrected chi connectivity index (χ2v) is 30.2. The molecule has 0 aliphatic heterocycles. The van der Waals surface area contributed by atoms with Gasteiger partial charge in [0.1, 0.15) is 0 Å². The van der Waals surface area contributed by atoms with E-state index in [1.54, 1.807) is 0 Å². The third kappa shape index (κ3) is 16.7. The number of fused-ring (bicyclic) bond motifs is 4. The molecule has 4 nitrogen and oxygen atoms in total. The van der Waals surface area contributed by atoms with Crippen molar-refractivity contribution in [2.75, 3.05) is 19.6 Å². The van der Waals surface area contributed by atoms with Gasteiger partial charge in [0, 0.05) is 68.2 Å². The fourth-order valence-corrected chi connectivity index (χ4v) is 16.1. The molecule has 0 bridgehead atoms. The number of benzene rings is 20. The Morgan fingerprint density at radius 3 is 0.550 bits per heavy atom. The monoisotopic (exact) mass is 1530 g/mol. The lowest BCUT2D eigenvalue weighted by atomic mass is 10.0. The van der Waals surface area contributed by atoms with Gasteiger partial charge in [-0.2, -0.15) is 0 Å². The van der Waals surface area contributed by atoms with E-state index < -0.39 is 0 Å². The van der Waals surface area contributed by atoms with Gasteiger partial charge in [0.25, 0.3) is 0 Å². The van der Waals surface area contributed by atoms with E-state index in [2.05, 4.69) is 529 Å². The van der Waals surface area contributed by atoms with Crippen LogP contribution in [-0.4, -0.2) is 0 Å². The molecular formula is C116H84N4.